The Bertz CT molecular complexity index is 2410. The van der Waals surface area contributed by atoms with E-state index >= 15 is 0 Å². The normalized spacial score (nSPS) is 11.5. The first-order valence-electron chi connectivity index (χ1n) is 15.5. The summed E-state index contributed by atoms with van der Waals surface area (Å²) >= 11 is 0. The number of hydrogen-bond donors (Lipinski definition) is 0. The highest BCUT2D eigenvalue weighted by atomic mass is 15.2. The Labute approximate surface area is 266 Å². The molecule has 46 heavy (non-hydrogen) atoms. The van der Waals surface area contributed by atoms with Gasteiger partial charge in [0, 0.05) is 44.7 Å². The Morgan fingerprint density at radius 1 is 0.391 bits per heavy atom. The summed E-state index contributed by atoms with van der Waals surface area (Å²) in [7, 11) is 0. The minimum Gasteiger partial charge on any atom is -0.309 e. The molecule has 0 spiro atoms. The van der Waals surface area contributed by atoms with Crippen LogP contribution in [0, 0.1) is 0 Å². The number of rotatable bonds is 5. The van der Waals surface area contributed by atoms with Gasteiger partial charge in [-0.3, -0.25) is 4.57 Å². The largest absolute Gasteiger partial charge is 0.309 e. The molecule has 9 aromatic rings. The molecule has 0 N–H and O–H groups in total. The van der Waals surface area contributed by atoms with E-state index in [2.05, 4.69) is 143 Å². The average molecular weight is 589 g/mol. The van der Waals surface area contributed by atoms with E-state index in [4.69, 9.17) is 9.97 Å². The third-order valence-corrected chi connectivity index (χ3v) is 8.78. The first-order chi connectivity index (χ1) is 22.8. The Kier molecular flexibility index (Phi) is 6.10. The molecule has 0 radical (unpaired) electrons. The highest BCUT2D eigenvalue weighted by Gasteiger charge is 2.17. The molecule has 4 nitrogen and oxygen atoms in total. The van der Waals surface area contributed by atoms with E-state index in [0.29, 0.717) is 5.95 Å². The molecule has 0 saturated heterocycles. The summed E-state index contributed by atoms with van der Waals surface area (Å²) in [5, 5.41) is 3.66. The van der Waals surface area contributed by atoms with E-state index in [1.807, 2.05) is 36.4 Å². The van der Waals surface area contributed by atoms with Gasteiger partial charge < -0.3 is 4.57 Å². The molecule has 216 valence electrons. The van der Waals surface area contributed by atoms with Crippen molar-refractivity contribution in [1.82, 2.24) is 19.1 Å². The second-order valence-electron chi connectivity index (χ2n) is 11.5. The van der Waals surface area contributed by atoms with Crippen LogP contribution in [0.5, 0.6) is 0 Å². The maximum absolute atomic E-state index is 5.13. The van der Waals surface area contributed by atoms with Crippen LogP contribution in [0.4, 0.5) is 0 Å². The van der Waals surface area contributed by atoms with E-state index in [1.54, 1.807) is 0 Å². The fourth-order valence-electron chi connectivity index (χ4n) is 6.64. The van der Waals surface area contributed by atoms with Gasteiger partial charge in [-0.15, -0.1) is 0 Å². The van der Waals surface area contributed by atoms with Crippen LogP contribution in [0.25, 0.3) is 78.0 Å². The van der Waals surface area contributed by atoms with Gasteiger partial charge in [0.1, 0.15) is 0 Å². The van der Waals surface area contributed by atoms with E-state index in [9.17, 15) is 0 Å². The number of para-hydroxylation sites is 3. The van der Waals surface area contributed by atoms with Gasteiger partial charge >= 0.3 is 0 Å². The third kappa shape index (κ3) is 4.31. The van der Waals surface area contributed by atoms with E-state index < -0.39 is 0 Å². The number of hydrogen-bond acceptors (Lipinski definition) is 2. The van der Waals surface area contributed by atoms with Gasteiger partial charge in [0.25, 0.3) is 0 Å². The number of fused-ring (bicyclic) bond motifs is 4. The van der Waals surface area contributed by atoms with Crippen LogP contribution in [-0.4, -0.2) is 19.1 Å². The predicted molar refractivity (Wildman–Crippen MR) is 190 cm³/mol. The molecular formula is C42H28N4. The molecule has 9 rings (SSSR count). The van der Waals surface area contributed by atoms with E-state index in [-0.39, 0.29) is 0 Å². The maximum atomic E-state index is 5.13. The van der Waals surface area contributed by atoms with Gasteiger partial charge in [0.2, 0.25) is 5.95 Å². The molecule has 4 heteroatoms. The second kappa shape index (κ2) is 10.7. The third-order valence-electron chi connectivity index (χ3n) is 8.78. The van der Waals surface area contributed by atoms with Crippen molar-refractivity contribution in [2.45, 2.75) is 0 Å². The molecule has 0 bridgehead atoms. The fourth-order valence-corrected chi connectivity index (χ4v) is 6.64. The van der Waals surface area contributed by atoms with Crippen LogP contribution >= 0.6 is 0 Å². The standard InChI is InChI=1S/C42H28N4/c1-3-14-29(15-4-1)37-27-38(30-16-5-2-6-17-30)44-42(43-37)45-28-36(35-22-7-10-23-39(35)45)31-18-13-19-32(26-31)46-40-24-11-8-20-33(40)34-21-9-12-25-41(34)46/h1-28H. The van der Waals surface area contributed by atoms with Crippen molar-refractivity contribution in [1.29, 1.82) is 0 Å². The van der Waals surface area contributed by atoms with Crippen molar-refractivity contribution in [2.24, 2.45) is 0 Å². The summed E-state index contributed by atoms with van der Waals surface area (Å²) in [6, 6.07) is 57.4. The van der Waals surface area contributed by atoms with Crippen molar-refractivity contribution in [3.63, 3.8) is 0 Å². The van der Waals surface area contributed by atoms with Gasteiger partial charge in [0.05, 0.1) is 27.9 Å². The predicted octanol–water partition coefficient (Wildman–Crippen LogP) is 10.5. The summed E-state index contributed by atoms with van der Waals surface area (Å²) in [5.74, 6) is 0.640. The summed E-state index contributed by atoms with van der Waals surface area (Å²) in [4.78, 5) is 10.3. The molecule has 0 saturated carbocycles. The summed E-state index contributed by atoms with van der Waals surface area (Å²) in [5.41, 5.74) is 10.7. The van der Waals surface area contributed by atoms with Crippen LogP contribution in [0.1, 0.15) is 0 Å². The molecular weight excluding hydrogens is 560 g/mol. The lowest BCUT2D eigenvalue weighted by Gasteiger charge is -2.10. The second-order valence-corrected chi connectivity index (χ2v) is 11.5. The molecule has 0 unspecified atom stereocenters. The SMILES string of the molecule is c1ccc(-c2cc(-c3ccccc3)nc(-n3cc(-c4cccc(-n5c6ccccc6c6ccccc65)c4)c4ccccc43)n2)cc1. The molecule has 3 heterocycles. The van der Waals surface area contributed by atoms with Crippen LogP contribution in [0.2, 0.25) is 0 Å². The zero-order valence-electron chi connectivity index (χ0n) is 25.0. The monoisotopic (exact) mass is 588 g/mol. The Morgan fingerprint density at radius 2 is 0.891 bits per heavy atom. The maximum Gasteiger partial charge on any atom is 0.235 e. The first kappa shape index (κ1) is 26.2. The van der Waals surface area contributed by atoms with E-state index in [0.717, 1.165) is 50.2 Å². The molecule has 0 aliphatic carbocycles. The lowest BCUT2D eigenvalue weighted by molar-refractivity contribution is 0.969. The number of aromatic nitrogens is 4. The zero-order valence-corrected chi connectivity index (χ0v) is 25.0. The Balaban J connectivity index is 1.24. The van der Waals surface area contributed by atoms with Crippen LogP contribution < -0.4 is 0 Å². The molecule has 6 aromatic carbocycles. The van der Waals surface area contributed by atoms with Crippen molar-refractivity contribution < 1.29 is 0 Å². The molecule has 0 aliphatic rings. The smallest absolute Gasteiger partial charge is 0.235 e. The van der Waals surface area contributed by atoms with Crippen LogP contribution in [-0.2, 0) is 0 Å². The highest BCUT2D eigenvalue weighted by molar-refractivity contribution is 6.09. The highest BCUT2D eigenvalue weighted by Crippen LogP contribution is 2.36. The number of benzene rings is 6. The quantitative estimate of drug-likeness (QED) is 0.200. The molecule has 0 aliphatic heterocycles. The van der Waals surface area contributed by atoms with Gasteiger partial charge in [-0.2, -0.15) is 0 Å². The average Bonchev–Trinajstić information content (AvgIpc) is 3.69. The Hall–Kier alpha value is -6.26. The van der Waals surface area contributed by atoms with Crippen molar-refractivity contribution in [3.8, 4) is 45.3 Å². The topological polar surface area (TPSA) is 35.6 Å². The minimum atomic E-state index is 0.640. The minimum absolute atomic E-state index is 0.640. The lowest BCUT2D eigenvalue weighted by atomic mass is 10.0. The molecule has 0 fully saturated rings. The summed E-state index contributed by atoms with van der Waals surface area (Å²) in [6.45, 7) is 0. The molecule has 3 aromatic heterocycles. The first-order valence-corrected chi connectivity index (χ1v) is 15.5. The number of nitrogens with zero attached hydrogens (tertiary/aromatic N) is 4. The van der Waals surface area contributed by atoms with Crippen molar-refractivity contribution in [2.75, 3.05) is 0 Å². The lowest BCUT2D eigenvalue weighted by Crippen LogP contribution is -2.03. The van der Waals surface area contributed by atoms with Crippen molar-refractivity contribution in [3.05, 3.63) is 170 Å². The fraction of sp³-hybridized carbons (Fsp3) is 0. The van der Waals surface area contributed by atoms with Gasteiger partial charge in [-0.25, -0.2) is 9.97 Å². The van der Waals surface area contributed by atoms with E-state index in [1.165, 1.54) is 21.8 Å². The summed E-state index contributed by atoms with van der Waals surface area (Å²) < 4.78 is 4.50. The van der Waals surface area contributed by atoms with Gasteiger partial charge in [-0.05, 0) is 42.0 Å². The molecule has 0 amide bonds. The molecule has 0 atom stereocenters. The van der Waals surface area contributed by atoms with Crippen LogP contribution in [0.3, 0.4) is 0 Å². The van der Waals surface area contributed by atoms with Crippen molar-refractivity contribution >= 4 is 32.7 Å². The van der Waals surface area contributed by atoms with Gasteiger partial charge in [-0.1, -0.05) is 127 Å². The van der Waals surface area contributed by atoms with Crippen LogP contribution in [0.15, 0.2) is 170 Å². The zero-order chi connectivity index (χ0) is 30.5. The summed E-state index contributed by atoms with van der Waals surface area (Å²) in [6.07, 6.45) is 2.19. The van der Waals surface area contributed by atoms with Gasteiger partial charge in [0.15, 0.2) is 0 Å². The Morgan fingerprint density at radius 3 is 1.50 bits per heavy atom.